The van der Waals surface area contributed by atoms with Gasteiger partial charge in [0.15, 0.2) is 0 Å². The molecular formula is C16H20O6. The molecule has 0 aromatic heterocycles. The van der Waals surface area contributed by atoms with Crippen LogP contribution in [0.2, 0.25) is 0 Å². The Balaban J connectivity index is 0. The minimum Gasteiger partial charge on any atom is -0.481 e. The molecule has 120 valence electrons. The maximum Gasteiger partial charge on any atom is 0.335 e. The lowest BCUT2D eigenvalue weighted by atomic mass is 10.2. The van der Waals surface area contributed by atoms with Crippen LogP contribution < -0.4 is 0 Å². The van der Waals surface area contributed by atoms with Crippen molar-refractivity contribution in [3.8, 4) is 0 Å². The van der Waals surface area contributed by atoms with Crippen LogP contribution in [0.5, 0.6) is 0 Å². The first-order valence-corrected chi connectivity index (χ1v) is 6.37. The van der Waals surface area contributed by atoms with Gasteiger partial charge in [-0.15, -0.1) is 0 Å². The van der Waals surface area contributed by atoms with Crippen LogP contribution in [-0.4, -0.2) is 33.2 Å². The average molecular weight is 308 g/mol. The van der Waals surface area contributed by atoms with Crippen molar-refractivity contribution in [1.29, 1.82) is 0 Å². The fourth-order valence-corrected chi connectivity index (χ4v) is 0.830. The van der Waals surface area contributed by atoms with Crippen molar-refractivity contribution in [3.05, 3.63) is 60.2 Å². The molecule has 0 aliphatic heterocycles. The van der Waals surface area contributed by atoms with Gasteiger partial charge in [-0.1, -0.05) is 43.4 Å². The number of aromatic carboxylic acids is 1. The molecule has 0 aliphatic rings. The Kier molecular flexibility index (Phi) is 14.1. The molecule has 3 N–H and O–H groups in total. The van der Waals surface area contributed by atoms with E-state index in [0.29, 0.717) is 5.56 Å². The first-order valence-electron chi connectivity index (χ1n) is 6.37. The summed E-state index contributed by atoms with van der Waals surface area (Å²) in [4.78, 5) is 29.3. The molecule has 1 rings (SSSR count). The second kappa shape index (κ2) is 14.5. The Morgan fingerprint density at radius 2 is 1.50 bits per heavy atom. The molecule has 0 unspecified atom stereocenters. The number of benzene rings is 1. The van der Waals surface area contributed by atoms with Crippen molar-refractivity contribution < 1.29 is 29.7 Å². The molecule has 0 heterocycles. The molecule has 0 bridgehead atoms. The zero-order chi connectivity index (χ0) is 17.4. The molecular weight excluding hydrogens is 288 g/mol. The van der Waals surface area contributed by atoms with Gasteiger partial charge in [0.2, 0.25) is 0 Å². The van der Waals surface area contributed by atoms with Crippen LogP contribution >= 0.6 is 0 Å². The number of carbonyl (C=O) groups is 3. The van der Waals surface area contributed by atoms with Crippen LogP contribution in [0.3, 0.4) is 0 Å². The van der Waals surface area contributed by atoms with Gasteiger partial charge in [-0.25, -0.2) is 9.59 Å². The maximum atomic E-state index is 10.2. The molecule has 22 heavy (non-hydrogen) atoms. The van der Waals surface area contributed by atoms with E-state index in [1.807, 2.05) is 6.92 Å². The van der Waals surface area contributed by atoms with Crippen molar-refractivity contribution in [1.82, 2.24) is 0 Å². The molecule has 1 aromatic carbocycles. The summed E-state index contributed by atoms with van der Waals surface area (Å²) in [7, 11) is 0. The number of allylic oxidation sites excluding steroid dienone is 3. The summed E-state index contributed by atoms with van der Waals surface area (Å²) in [5.41, 5.74) is 0.331. The lowest BCUT2D eigenvalue weighted by Gasteiger charge is -1.88. The van der Waals surface area contributed by atoms with E-state index in [1.54, 1.807) is 49.4 Å². The summed E-state index contributed by atoms with van der Waals surface area (Å²) < 4.78 is 0. The Morgan fingerprint density at radius 1 is 1.00 bits per heavy atom. The second-order valence-corrected chi connectivity index (χ2v) is 3.64. The summed E-state index contributed by atoms with van der Waals surface area (Å²) in [5.74, 6) is -2.54. The molecule has 0 saturated heterocycles. The van der Waals surface area contributed by atoms with Gasteiger partial charge in [0.1, 0.15) is 0 Å². The SMILES string of the molecule is CC=CC=CC(=O)O.CCC(=O)O.O=C(O)c1ccccc1. The largest absolute Gasteiger partial charge is 0.481 e. The second-order valence-electron chi connectivity index (χ2n) is 3.64. The summed E-state index contributed by atoms with van der Waals surface area (Å²) >= 11 is 0. The molecule has 6 heteroatoms. The van der Waals surface area contributed by atoms with Crippen molar-refractivity contribution in [2.75, 3.05) is 0 Å². The summed E-state index contributed by atoms with van der Waals surface area (Å²) in [5, 5.41) is 24.1. The normalized spacial score (nSPS) is 9.36. The van der Waals surface area contributed by atoms with Crippen LogP contribution in [-0.2, 0) is 9.59 Å². The van der Waals surface area contributed by atoms with Crippen molar-refractivity contribution in [2.45, 2.75) is 20.3 Å². The highest BCUT2D eigenvalue weighted by Crippen LogP contribution is 1.96. The van der Waals surface area contributed by atoms with Gasteiger partial charge in [-0.2, -0.15) is 0 Å². The Morgan fingerprint density at radius 3 is 1.77 bits per heavy atom. The summed E-state index contributed by atoms with van der Waals surface area (Å²) in [6, 6.07) is 8.30. The lowest BCUT2D eigenvalue weighted by Crippen LogP contribution is -1.93. The fraction of sp³-hybridized carbons (Fsp3) is 0.188. The smallest absolute Gasteiger partial charge is 0.335 e. The molecule has 1 aromatic rings. The van der Waals surface area contributed by atoms with Gasteiger partial charge in [-0.3, -0.25) is 4.79 Å². The molecule has 0 spiro atoms. The van der Waals surface area contributed by atoms with E-state index in [-0.39, 0.29) is 6.42 Å². The number of rotatable bonds is 4. The molecule has 0 atom stereocenters. The lowest BCUT2D eigenvalue weighted by molar-refractivity contribution is -0.136. The van der Waals surface area contributed by atoms with Crippen LogP contribution in [0.25, 0.3) is 0 Å². The predicted octanol–water partition coefficient (Wildman–Crippen LogP) is 3.07. The van der Waals surface area contributed by atoms with Crippen LogP contribution in [0.1, 0.15) is 30.6 Å². The zero-order valence-electron chi connectivity index (χ0n) is 12.5. The Hall–Kier alpha value is -2.89. The summed E-state index contributed by atoms with van der Waals surface area (Å²) in [6.45, 7) is 3.43. The molecule has 0 aliphatic carbocycles. The Labute approximate surface area is 129 Å². The molecule has 0 radical (unpaired) electrons. The van der Waals surface area contributed by atoms with Crippen molar-refractivity contribution in [2.24, 2.45) is 0 Å². The molecule has 0 fully saturated rings. The monoisotopic (exact) mass is 308 g/mol. The number of carboxylic acid groups (broad SMARTS) is 3. The predicted molar refractivity (Wildman–Crippen MR) is 82.9 cm³/mol. The van der Waals surface area contributed by atoms with E-state index in [9.17, 15) is 14.4 Å². The van der Waals surface area contributed by atoms with E-state index >= 15 is 0 Å². The highest BCUT2D eigenvalue weighted by molar-refractivity contribution is 5.87. The first kappa shape index (κ1) is 21.4. The highest BCUT2D eigenvalue weighted by atomic mass is 16.4. The number of hydrogen-bond acceptors (Lipinski definition) is 3. The maximum absolute atomic E-state index is 10.2. The summed E-state index contributed by atoms with van der Waals surface area (Å²) in [6.07, 6.45) is 6.20. The first-order chi connectivity index (χ1) is 10.3. The standard InChI is InChI=1S/C7H6O2.C6H8O2.C3H6O2/c8-7(9)6-4-2-1-3-5-6;1-2-3-4-5-6(7)8;1-2-3(4)5/h1-5H,(H,8,9);2-5H,1H3,(H,7,8);2H2,1H3,(H,4,5). The Bertz CT molecular complexity index is 503. The average Bonchev–Trinajstić information content (AvgIpc) is 2.49. The third-order valence-electron chi connectivity index (χ3n) is 1.87. The van der Waals surface area contributed by atoms with Crippen LogP contribution in [0.4, 0.5) is 0 Å². The van der Waals surface area contributed by atoms with Crippen LogP contribution in [0.15, 0.2) is 54.6 Å². The van der Waals surface area contributed by atoms with Gasteiger partial charge in [0, 0.05) is 12.5 Å². The fourth-order valence-electron chi connectivity index (χ4n) is 0.830. The van der Waals surface area contributed by atoms with Gasteiger partial charge in [-0.05, 0) is 19.1 Å². The van der Waals surface area contributed by atoms with E-state index in [0.717, 1.165) is 6.08 Å². The van der Waals surface area contributed by atoms with E-state index < -0.39 is 17.9 Å². The zero-order valence-corrected chi connectivity index (χ0v) is 12.5. The van der Waals surface area contributed by atoms with Crippen LogP contribution in [0, 0.1) is 0 Å². The van der Waals surface area contributed by atoms with Crippen molar-refractivity contribution in [3.63, 3.8) is 0 Å². The molecule has 0 amide bonds. The van der Waals surface area contributed by atoms with Gasteiger partial charge in [0.25, 0.3) is 0 Å². The van der Waals surface area contributed by atoms with E-state index in [2.05, 4.69) is 0 Å². The third kappa shape index (κ3) is 17.1. The van der Waals surface area contributed by atoms with E-state index in [1.165, 1.54) is 6.08 Å². The van der Waals surface area contributed by atoms with E-state index in [4.69, 9.17) is 15.3 Å². The topological polar surface area (TPSA) is 112 Å². The van der Waals surface area contributed by atoms with Gasteiger partial charge in [0.05, 0.1) is 5.56 Å². The molecule has 0 saturated carbocycles. The highest BCUT2D eigenvalue weighted by Gasteiger charge is 1.96. The molecule has 6 nitrogen and oxygen atoms in total. The van der Waals surface area contributed by atoms with Gasteiger partial charge < -0.3 is 15.3 Å². The minimum atomic E-state index is -0.914. The number of hydrogen-bond donors (Lipinski definition) is 3. The third-order valence-corrected chi connectivity index (χ3v) is 1.87. The number of aliphatic carboxylic acids is 2. The van der Waals surface area contributed by atoms with Crippen molar-refractivity contribution >= 4 is 17.9 Å². The quantitative estimate of drug-likeness (QED) is 0.582. The van der Waals surface area contributed by atoms with Gasteiger partial charge >= 0.3 is 17.9 Å². The number of carboxylic acids is 3. The minimum absolute atomic E-state index is 0.222.